The molecule has 0 spiro atoms. The molecule has 1 aromatic carbocycles. The van der Waals surface area contributed by atoms with Gasteiger partial charge in [-0.1, -0.05) is 20.3 Å². The van der Waals surface area contributed by atoms with Crippen LogP contribution in [-0.2, 0) is 0 Å². The van der Waals surface area contributed by atoms with E-state index in [9.17, 15) is 8.78 Å². The fourth-order valence-electron chi connectivity index (χ4n) is 2.66. The Labute approximate surface area is 127 Å². The van der Waals surface area contributed by atoms with E-state index in [4.69, 9.17) is 0 Å². The van der Waals surface area contributed by atoms with Gasteiger partial charge in [-0.05, 0) is 40.9 Å². The standard InChI is InChI=1S/C15H21BrF2N2/c1-3-10(2)14-9-20(6-4-5-19-14)15-12(16)7-11(17)8-13(15)18/h7-8,10,14,19H,3-6,9H2,1-2H3. The molecule has 20 heavy (non-hydrogen) atoms. The zero-order chi connectivity index (χ0) is 14.7. The zero-order valence-corrected chi connectivity index (χ0v) is 13.5. The van der Waals surface area contributed by atoms with Crippen LogP contribution >= 0.6 is 15.9 Å². The van der Waals surface area contributed by atoms with Crippen molar-refractivity contribution in [3.05, 3.63) is 28.2 Å². The predicted octanol–water partition coefficient (Wildman–Crippen LogP) is 3.94. The largest absolute Gasteiger partial charge is 0.367 e. The molecule has 1 aromatic rings. The first-order chi connectivity index (χ1) is 9.52. The Balaban J connectivity index is 2.26. The number of nitrogens with one attached hydrogen (secondary N) is 1. The minimum absolute atomic E-state index is 0.332. The van der Waals surface area contributed by atoms with Gasteiger partial charge in [0.05, 0.1) is 5.69 Å². The summed E-state index contributed by atoms with van der Waals surface area (Å²) in [4.78, 5) is 2.02. The minimum atomic E-state index is -0.551. The van der Waals surface area contributed by atoms with Crippen molar-refractivity contribution >= 4 is 21.6 Å². The molecule has 0 bridgehead atoms. The Morgan fingerprint density at radius 3 is 2.85 bits per heavy atom. The summed E-state index contributed by atoms with van der Waals surface area (Å²) >= 11 is 3.29. The Morgan fingerprint density at radius 1 is 1.45 bits per heavy atom. The molecule has 1 N–H and O–H groups in total. The summed E-state index contributed by atoms with van der Waals surface area (Å²) in [6.07, 6.45) is 2.04. The van der Waals surface area contributed by atoms with Crippen LogP contribution in [0.4, 0.5) is 14.5 Å². The number of halogens is 3. The molecule has 1 fully saturated rings. The van der Waals surface area contributed by atoms with Gasteiger partial charge in [0.1, 0.15) is 5.82 Å². The lowest BCUT2D eigenvalue weighted by atomic mass is 9.99. The smallest absolute Gasteiger partial charge is 0.150 e. The quantitative estimate of drug-likeness (QED) is 0.891. The summed E-state index contributed by atoms with van der Waals surface area (Å²) in [5.41, 5.74) is 0.475. The van der Waals surface area contributed by atoms with Gasteiger partial charge in [-0.25, -0.2) is 8.78 Å². The summed E-state index contributed by atoms with van der Waals surface area (Å²) in [5, 5.41) is 3.53. The van der Waals surface area contributed by atoms with Crippen LogP contribution in [0.3, 0.4) is 0 Å². The summed E-state index contributed by atoms with van der Waals surface area (Å²) in [6, 6.07) is 2.62. The third kappa shape index (κ3) is 3.50. The highest BCUT2D eigenvalue weighted by Gasteiger charge is 2.25. The molecule has 0 radical (unpaired) electrons. The van der Waals surface area contributed by atoms with Gasteiger partial charge in [-0.2, -0.15) is 0 Å². The average molecular weight is 347 g/mol. The normalized spacial score (nSPS) is 21.6. The molecule has 2 unspecified atom stereocenters. The van der Waals surface area contributed by atoms with E-state index in [0.29, 0.717) is 22.1 Å². The lowest BCUT2D eigenvalue weighted by molar-refractivity contribution is 0.383. The molecule has 0 aliphatic carbocycles. The topological polar surface area (TPSA) is 15.3 Å². The Bertz CT molecular complexity index is 444. The lowest BCUT2D eigenvalue weighted by Gasteiger charge is -2.30. The monoisotopic (exact) mass is 346 g/mol. The second-order valence-electron chi connectivity index (χ2n) is 5.46. The summed E-state index contributed by atoms with van der Waals surface area (Å²) in [5.74, 6) is -0.524. The second kappa shape index (κ2) is 6.85. The number of anilines is 1. The number of nitrogens with zero attached hydrogens (tertiary/aromatic N) is 1. The number of benzene rings is 1. The van der Waals surface area contributed by atoms with Crippen molar-refractivity contribution in [3.63, 3.8) is 0 Å². The van der Waals surface area contributed by atoms with E-state index in [1.165, 1.54) is 6.07 Å². The number of hydrogen-bond donors (Lipinski definition) is 1. The van der Waals surface area contributed by atoms with Gasteiger partial charge in [0.25, 0.3) is 0 Å². The predicted molar refractivity (Wildman–Crippen MR) is 82.1 cm³/mol. The van der Waals surface area contributed by atoms with Crippen molar-refractivity contribution in [1.82, 2.24) is 5.32 Å². The third-order valence-electron chi connectivity index (χ3n) is 4.06. The molecule has 0 aromatic heterocycles. The van der Waals surface area contributed by atoms with Gasteiger partial charge in [-0.15, -0.1) is 0 Å². The molecular weight excluding hydrogens is 326 g/mol. The first-order valence-corrected chi connectivity index (χ1v) is 7.95. The van der Waals surface area contributed by atoms with E-state index >= 15 is 0 Å². The van der Waals surface area contributed by atoms with Crippen LogP contribution in [0.25, 0.3) is 0 Å². The van der Waals surface area contributed by atoms with Crippen LogP contribution in [0.5, 0.6) is 0 Å². The van der Waals surface area contributed by atoms with Crippen molar-refractivity contribution in [1.29, 1.82) is 0 Å². The molecule has 2 rings (SSSR count). The maximum absolute atomic E-state index is 14.1. The third-order valence-corrected chi connectivity index (χ3v) is 4.66. The van der Waals surface area contributed by atoms with Gasteiger partial charge >= 0.3 is 0 Å². The zero-order valence-electron chi connectivity index (χ0n) is 11.9. The van der Waals surface area contributed by atoms with Gasteiger partial charge in [0, 0.05) is 29.7 Å². The van der Waals surface area contributed by atoms with Crippen LogP contribution in [0, 0.1) is 17.6 Å². The fourth-order valence-corrected chi connectivity index (χ4v) is 3.31. The molecule has 5 heteroatoms. The van der Waals surface area contributed by atoms with E-state index in [0.717, 1.165) is 38.5 Å². The average Bonchev–Trinajstić information content (AvgIpc) is 2.62. The molecule has 0 amide bonds. The number of hydrogen-bond acceptors (Lipinski definition) is 2. The van der Waals surface area contributed by atoms with Crippen LogP contribution in [0.1, 0.15) is 26.7 Å². The highest BCUT2D eigenvalue weighted by atomic mass is 79.9. The SMILES string of the molecule is CCC(C)C1CN(c2c(F)cc(F)cc2Br)CCCN1. The Hall–Kier alpha value is -0.680. The van der Waals surface area contributed by atoms with Crippen LogP contribution in [0.15, 0.2) is 16.6 Å². The molecule has 0 saturated carbocycles. The lowest BCUT2D eigenvalue weighted by Crippen LogP contribution is -2.42. The molecule has 2 nitrogen and oxygen atoms in total. The van der Waals surface area contributed by atoms with Crippen molar-refractivity contribution in [2.45, 2.75) is 32.7 Å². The summed E-state index contributed by atoms with van der Waals surface area (Å²) in [6.45, 7) is 6.83. The van der Waals surface area contributed by atoms with Crippen molar-refractivity contribution in [2.75, 3.05) is 24.5 Å². The Morgan fingerprint density at radius 2 is 2.20 bits per heavy atom. The van der Waals surface area contributed by atoms with E-state index in [2.05, 4.69) is 35.1 Å². The van der Waals surface area contributed by atoms with Gasteiger partial charge in [-0.3, -0.25) is 0 Å². The van der Waals surface area contributed by atoms with Gasteiger partial charge in [0.2, 0.25) is 0 Å². The second-order valence-corrected chi connectivity index (χ2v) is 6.32. The molecule has 1 aliphatic heterocycles. The van der Waals surface area contributed by atoms with Crippen LogP contribution in [0.2, 0.25) is 0 Å². The molecule has 112 valence electrons. The number of rotatable bonds is 3. The maximum Gasteiger partial charge on any atom is 0.150 e. The van der Waals surface area contributed by atoms with E-state index in [1.807, 2.05) is 4.90 Å². The van der Waals surface area contributed by atoms with Crippen LogP contribution in [-0.4, -0.2) is 25.7 Å². The van der Waals surface area contributed by atoms with Crippen LogP contribution < -0.4 is 10.2 Å². The molecule has 1 aliphatic rings. The maximum atomic E-state index is 14.1. The molecule has 1 saturated heterocycles. The van der Waals surface area contributed by atoms with Crippen molar-refractivity contribution in [3.8, 4) is 0 Å². The fraction of sp³-hybridized carbons (Fsp3) is 0.600. The molecule has 1 heterocycles. The van der Waals surface area contributed by atoms with Crippen molar-refractivity contribution < 1.29 is 8.78 Å². The summed E-state index contributed by atoms with van der Waals surface area (Å²) in [7, 11) is 0. The highest BCUT2D eigenvalue weighted by molar-refractivity contribution is 9.10. The Kier molecular flexibility index (Phi) is 5.38. The first-order valence-electron chi connectivity index (χ1n) is 7.15. The highest BCUT2D eigenvalue weighted by Crippen LogP contribution is 2.31. The van der Waals surface area contributed by atoms with E-state index in [-0.39, 0.29) is 0 Å². The first kappa shape index (κ1) is 15.7. The van der Waals surface area contributed by atoms with Crippen molar-refractivity contribution in [2.24, 2.45) is 5.92 Å². The minimum Gasteiger partial charge on any atom is -0.367 e. The molecule has 2 atom stereocenters. The van der Waals surface area contributed by atoms with E-state index < -0.39 is 11.6 Å². The summed E-state index contributed by atoms with van der Waals surface area (Å²) < 4.78 is 27.8. The van der Waals surface area contributed by atoms with Gasteiger partial charge in [0.15, 0.2) is 5.82 Å². The molecular formula is C15H21BrF2N2. The van der Waals surface area contributed by atoms with Gasteiger partial charge < -0.3 is 10.2 Å². The van der Waals surface area contributed by atoms with E-state index in [1.54, 1.807) is 0 Å².